The fourth-order valence-corrected chi connectivity index (χ4v) is 3.27. The zero-order valence-corrected chi connectivity index (χ0v) is 18.4. The number of allylic oxidation sites excluding steroid dienone is 2. The smallest absolute Gasteiger partial charge is 0.355 e. The number of ketones is 1. The number of methoxy groups -OCH3 is 3. The normalized spacial score (nSPS) is 12.9. The number of esters is 2. The highest BCUT2D eigenvalue weighted by Crippen LogP contribution is 2.33. The van der Waals surface area contributed by atoms with Crippen LogP contribution in [0.5, 0.6) is 5.75 Å². The fourth-order valence-electron chi connectivity index (χ4n) is 3.14. The lowest BCUT2D eigenvalue weighted by molar-refractivity contribution is -0.139. The van der Waals surface area contributed by atoms with E-state index in [1.807, 2.05) is 0 Å². The van der Waals surface area contributed by atoms with Gasteiger partial charge in [0.25, 0.3) is 0 Å². The number of hydrogen-bond acceptors (Lipinski definition) is 7. The number of carbonyl (C=O) groups is 3. The van der Waals surface area contributed by atoms with E-state index in [2.05, 4.69) is 0 Å². The summed E-state index contributed by atoms with van der Waals surface area (Å²) in [5.74, 6) is -1.39. The molecule has 3 rings (SSSR count). The van der Waals surface area contributed by atoms with Crippen LogP contribution in [0, 0.1) is 0 Å². The SMILES string of the molecule is COC(=O)C1=C(C(=O)OC)N(c2ccc(OC)cc2C(=O)c2ccc(Cl)cc2)C=CC=C1. The van der Waals surface area contributed by atoms with Crippen molar-refractivity contribution in [2.24, 2.45) is 0 Å². The summed E-state index contributed by atoms with van der Waals surface area (Å²) in [5.41, 5.74) is 0.846. The van der Waals surface area contributed by atoms with Gasteiger partial charge in [-0.05, 0) is 54.6 Å². The molecule has 1 aliphatic heterocycles. The number of hydrogen-bond donors (Lipinski definition) is 0. The van der Waals surface area contributed by atoms with Crippen molar-refractivity contribution in [3.63, 3.8) is 0 Å². The maximum absolute atomic E-state index is 13.4. The Kier molecular flexibility index (Phi) is 7.12. The van der Waals surface area contributed by atoms with Gasteiger partial charge in [0.2, 0.25) is 0 Å². The number of carbonyl (C=O) groups excluding carboxylic acids is 3. The summed E-state index contributed by atoms with van der Waals surface area (Å²) in [5, 5.41) is 0.493. The van der Waals surface area contributed by atoms with Crippen LogP contribution in [0.15, 0.2) is 78.2 Å². The van der Waals surface area contributed by atoms with Crippen molar-refractivity contribution >= 4 is 35.0 Å². The van der Waals surface area contributed by atoms with E-state index in [1.54, 1.807) is 60.8 Å². The van der Waals surface area contributed by atoms with Crippen LogP contribution in [0.2, 0.25) is 5.02 Å². The van der Waals surface area contributed by atoms with Gasteiger partial charge in [-0.15, -0.1) is 0 Å². The van der Waals surface area contributed by atoms with Crippen molar-refractivity contribution in [3.8, 4) is 5.75 Å². The molecule has 0 fully saturated rings. The second-order valence-corrected chi connectivity index (χ2v) is 6.97. The number of halogens is 1. The molecule has 32 heavy (non-hydrogen) atoms. The molecule has 0 radical (unpaired) electrons. The average Bonchev–Trinajstić information content (AvgIpc) is 3.05. The Morgan fingerprint density at radius 2 is 1.56 bits per heavy atom. The summed E-state index contributed by atoms with van der Waals surface area (Å²) >= 11 is 5.95. The topological polar surface area (TPSA) is 82.1 Å². The van der Waals surface area contributed by atoms with Gasteiger partial charge in [-0.3, -0.25) is 4.79 Å². The number of ether oxygens (including phenoxy) is 3. The van der Waals surface area contributed by atoms with Crippen molar-refractivity contribution < 1.29 is 28.6 Å². The molecule has 164 valence electrons. The van der Waals surface area contributed by atoms with Crippen molar-refractivity contribution in [2.45, 2.75) is 0 Å². The van der Waals surface area contributed by atoms with Gasteiger partial charge in [0, 0.05) is 16.8 Å². The molecule has 0 saturated heterocycles. The second kappa shape index (κ2) is 9.98. The van der Waals surface area contributed by atoms with Gasteiger partial charge in [-0.1, -0.05) is 17.7 Å². The Hall–Kier alpha value is -3.84. The molecule has 0 aliphatic carbocycles. The van der Waals surface area contributed by atoms with Crippen LogP contribution >= 0.6 is 11.6 Å². The van der Waals surface area contributed by atoms with Crippen molar-refractivity contribution in [1.29, 1.82) is 0 Å². The van der Waals surface area contributed by atoms with Gasteiger partial charge in [0.15, 0.2) is 5.78 Å². The quantitative estimate of drug-likeness (QED) is 0.481. The predicted molar refractivity (Wildman–Crippen MR) is 120 cm³/mol. The molecule has 2 aromatic carbocycles. The first-order chi connectivity index (χ1) is 15.4. The molecule has 0 bridgehead atoms. The summed E-state index contributed by atoms with van der Waals surface area (Å²) in [4.78, 5) is 40.0. The Morgan fingerprint density at radius 1 is 0.875 bits per heavy atom. The molecule has 2 aromatic rings. The first-order valence-corrected chi connectivity index (χ1v) is 9.82. The lowest BCUT2D eigenvalue weighted by Gasteiger charge is -2.25. The van der Waals surface area contributed by atoms with Crippen molar-refractivity contribution in [2.75, 3.05) is 26.2 Å². The molecule has 7 nitrogen and oxygen atoms in total. The molecular weight excluding hydrogens is 434 g/mol. The lowest BCUT2D eigenvalue weighted by atomic mass is 10.00. The van der Waals surface area contributed by atoms with Gasteiger partial charge >= 0.3 is 11.9 Å². The molecular formula is C24H20ClNO6. The molecule has 0 saturated carbocycles. The summed E-state index contributed by atoms with van der Waals surface area (Å²) in [6.07, 6.45) is 6.21. The number of rotatable bonds is 6. The predicted octanol–water partition coefficient (Wildman–Crippen LogP) is 4.07. The van der Waals surface area contributed by atoms with Crippen LogP contribution in [-0.4, -0.2) is 39.1 Å². The van der Waals surface area contributed by atoms with Gasteiger partial charge < -0.3 is 19.1 Å². The van der Waals surface area contributed by atoms with Crippen molar-refractivity contribution in [1.82, 2.24) is 0 Å². The van der Waals surface area contributed by atoms with Crippen LogP contribution < -0.4 is 9.64 Å². The van der Waals surface area contributed by atoms with Gasteiger partial charge in [-0.25, -0.2) is 9.59 Å². The molecule has 1 aliphatic rings. The minimum atomic E-state index is -0.776. The monoisotopic (exact) mass is 453 g/mol. The summed E-state index contributed by atoms with van der Waals surface area (Å²) in [6.45, 7) is 0. The molecule has 0 atom stereocenters. The fraction of sp³-hybridized carbons (Fsp3) is 0.125. The van der Waals surface area contributed by atoms with Gasteiger partial charge in [-0.2, -0.15) is 0 Å². The van der Waals surface area contributed by atoms with Crippen LogP contribution in [0.25, 0.3) is 0 Å². The van der Waals surface area contributed by atoms with E-state index >= 15 is 0 Å². The minimum Gasteiger partial charge on any atom is -0.497 e. The van der Waals surface area contributed by atoms with E-state index in [4.69, 9.17) is 25.8 Å². The van der Waals surface area contributed by atoms with E-state index in [9.17, 15) is 14.4 Å². The van der Waals surface area contributed by atoms with Crippen LogP contribution in [0.4, 0.5) is 5.69 Å². The standard InChI is InChI=1S/C24H20ClNO6/c1-30-17-11-12-20(19(14-17)22(27)15-7-9-16(25)10-8-15)26-13-5-4-6-18(23(28)31-2)21(26)24(29)32-3/h4-14H,1-3H3. The third kappa shape index (κ3) is 4.58. The Morgan fingerprint density at radius 3 is 2.19 bits per heavy atom. The molecule has 0 amide bonds. The maximum Gasteiger partial charge on any atom is 0.355 e. The number of nitrogens with zero attached hydrogens (tertiary/aromatic N) is 1. The summed E-state index contributed by atoms with van der Waals surface area (Å²) in [7, 11) is 3.90. The highest BCUT2D eigenvalue weighted by Gasteiger charge is 2.30. The summed E-state index contributed by atoms with van der Waals surface area (Å²) < 4.78 is 15.1. The molecule has 1 heterocycles. The first-order valence-electron chi connectivity index (χ1n) is 9.44. The minimum absolute atomic E-state index is 0.0231. The Balaban J connectivity index is 2.25. The number of anilines is 1. The van der Waals surface area contributed by atoms with Crippen LogP contribution in [0.3, 0.4) is 0 Å². The largest absolute Gasteiger partial charge is 0.497 e. The van der Waals surface area contributed by atoms with E-state index < -0.39 is 11.9 Å². The molecule has 0 unspecified atom stereocenters. The zero-order valence-electron chi connectivity index (χ0n) is 17.6. The zero-order chi connectivity index (χ0) is 23.3. The Labute approximate surface area is 190 Å². The van der Waals surface area contributed by atoms with Crippen LogP contribution in [-0.2, 0) is 19.1 Å². The van der Waals surface area contributed by atoms with Crippen LogP contribution in [0.1, 0.15) is 15.9 Å². The maximum atomic E-state index is 13.4. The van der Waals surface area contributed by atoms with E-state index in [1.165, 1.54) is 32.3 Å². The highest BCUT2D eigenvalue weighted by molar-refractivity contribution is 6.30. The lowest BCUT2D eigenvalue weighted by Crippen LogP contribution is -2.28. The first kappa shape index (κ1) is 22.8. The number of benzene rings is 2. The molecule has 0 N–H and O–H groups in total. The highest BCUT2D eigenvalue weighted by atomic mass is 35.5. The Bertz CT molecular complexity index is 1150. The van der Waals surface area contributed by atoms with E-state index in [0.717, 1.165) is 0 Å². The molecule has 0 aromatic heterocycles. The van der Waals surface area contributed by atoms with E-state index in [-0.39, 0.29) is 22.6 Å². The van der Waals surface area contributed by atoms with E-state index in [0.29, 0.717) is 22.0 Å². The van der Waals surface area contributed by atoms with Gasteiger partial charge in [0.1, 0.15) is 11.4 Å². The van der Waals surface area contributed by atoms with Crippen molar-refractivity contribution in [3.05, 3.63) is 94.3 Å². The second-order valence-electron chi connectivity index (χ2n) is 6.54. The molecule has 8 heteroatoms. The molecule has 0 spiro atoms. The average molecular weight is 454 g/mol. The third-order valence-electron chi connectivity index (χ3n) is 4.70. The summed E-state index contributed by atoms with van der Waals surface area (Å²) in [6, 6.07) is 11.3. The van der Waals surface area contributed by atoms with Gasteiger partial charge in [0.05, 0.1) is 38.2 Å². The third-order valence-corrected chi connectivity index (χ3v) is 4.96.